The molecule has 0 amide bonds. The van der Waals surface area contributed by atoms with Crippen molar-refractivity contribution in [2.75, 3.05) is 18.5 Å². The van der Waals surface area contributed by atoms with Crippen LogP contribution in [0.1, 0.15) is 50.6 Å². The molecule has 0 unspecified atom stereocenters. The number of nitrogens with zero attached hydrogens (tertiary/aromatic N) is 2. The van der Waals surface area contributed by atoms with Crippen LogP contribution in [0.2, 0.25) is 0 Å². The second kappa shape index (κ2) is 6.61. The molecular weight excluding hydrogens is 250 g/mol. The first-order valence-electron chi connectivity index (χ1n) is 8.19. The molecule has 2 aliphatic rings. The van der Waals surface area contributed by atoms with Crippen molar-refractivity contribution < 1.29 is 4.74 Å². The first-order valence-corrected chi connectivity index (χ1v) is 8.19. The normalized spacial score (nSPS) is 22.1. The Morgan fingerprint density at radius 3 is 2.70 bits per heavy atom. The summed E-state index contributed by atoms with van der Waals surface area (Å²) in [6, 6.07) is 0.624. The lowest BCUT2D eigenvalue weighted by atomic mass is 9.96. The fourth-order valence-corrected chi connectivity index (χ4v) is 3.44. The lowest BCUT2D eigenvalue weighted by Gasteiger charge is -2.26. The number of anilines is 1. The van der Waals surface area contributed by atoms with E-state index in [4.69, 9.17) is 9.72 Å². The molecule has 1 N–H and O–H groups in total. The molecule has 4 nitrogen and oxygen atoms in total. The van der Waals surface area contributed by atoms with Crippen LogP contribution >= 0.6 is 0 Å². The van der Waals surface area contributed by atoms with Crippen molar-refractivity contribution in [1.82, 2.24) is 9.55 Å². The molecule has 112 valence electrons. The molecule has 1 aromatic heterocycles. The van der Waals surface area contributed by atoms with E-state index in [0.717, 1.165) is 37.3 Å². The third kappa shape index (κ3) is 3.54. The van der Waals surface area contributed by atoms with Crippen molar-refractivity contribution >= 4 is 5.95 Å². The van der Waals surface area contributed by atoms with E-state index in [1.54, 1.807) is 0 Å². The van der Waals surface area contributed by atoms with Gasteiger partial charge in [0.2, 0.25) is 5.95 Å². The molecule has 0 aromatic carbocycles. The second-order valence-corrected chi connectivity index (χ2v) is 6.39. The standard InChI is InChI=1S/C16H27N3O/c1-13-11-19(12-14-7-9-20-10-8-14)16(17-13)18-15-5-3-2-4-6-15/h11,14-15H,2-10,12H2,1H3,(H,17,18). The highest BCUT2D eigenvalue weighted by Crippen LogP contribution is 2.23. The third-order valence-electron chi connectivity index (χ3n) is 4.63. The van der Waals surface area contributed by atoms with Crippen LogP contribution in [0.15, 0.2) is 6.20 Å². The average molecular weight is 277 g/mol. The Morgan fingerprint density at radius 1 is 1.20 bits per heavy atom. The van der Waals surface area contributed by atoms with E-state index in [0.29, 0.717) is 6.04 Å². The lowest BCUT2D eigenvalue weighted by molar-refractivity contribution is 0.0614. The van der Waals surface area contributed by atoms with Gasteiger partial charge < -0.3 is 14.6 Å². The van der Waals surface area contributed by atoms with Crippen LogP contribution in [0.5, 0.6) is 0 Å². The number of ether oxygens (including phenoxy) is 1. The Balaban J connectivity index is 1.63. The summed E-state index contributed by atoms with van der Waals surface area (Å²) >= 11 is 0. The van der Waals surface area contributed by atoms with E-state index in [9.17, 15) is 0 Å². The zero-order chi connectivity index (χ0) is 13.8. The van der Waals surface area contributed by atoms with Crippen molar-refractivity contribution in [3.8, 4) is 0 Å². The predicted molar refractivity (Wildman–Crippen MR) is 81.0 cm³/mol. The fraction of sp³-hybridized carbons (Fsp3) is 0.812. The maximum atomic E-state index is 5.45. The van der Waals surface area contributed by atoms with Crippen molar-refractivity contribution in [3.63, 3.8) is 0 Å². The van der Waals surface area contributed by atoms with Gasteiger partial charge in [-0.05, 0) is 38.5 Å². The number of hydrogen-bond donors (Lipinski definition) is 1. The smallest absolute Gasteiger partial charge is 0.203 e. The molecule has 0 radical (unpaired) electrons. The quantitative estimate of drug-likeness (QED) is 0.917. The zero-order valence-electron chi connectivity index (χ0n) is 12.6. The molecular formula is C16H27N3O. The van der Waals surface area contributed by atoms with E-state index >= 15 is 0 Å². The number of aromatic nitrogens is 2. The SMILES string of the molecule is Cc1cn(CC2CCOCC2)c(NC2CCCCC2)n1. The van der Waals surface area contributed by atoms with Crippen LogP contribution in [0.25, 0.3) is 0 Å². The van der Waals surface area contributed by atoms with Crippen molar-refractivity contribution in [1.29, 1.82) is 0 Å². The second-order valence-electron chi connectivity index (χ2n) is 6.39. The van der Waals surface area contributed by atoms with Gasteiger partial charge in [0.1, 0.15) is 0 Å². The topological polar surface area (TPSA) is 39.1 Å². The van der Waals surface area contributed by atoms with E-state index in [1.807, 2.05) is 0 Å². The zero-order valence-corrected chi connectivity index (χ0v) is 12.6. The molecule has 4 heteroatoms. The maximum Gasteiger partial charge on any atom is 0.203 e. The maximum absolute atomic E-state index is 5.45. The minimum atomic E-state index is 0.624. The molecule has 20 heavy (non-hydrogen) atoms. The van der Waals surface area contributed by atoms with E-state index in [1.165, 1.54) is 44.9 Å². The number of hydrogen-bond acceptors (Lipinski definition) is 3. The first kappa shape index (κ1) is 13.9. The molecule has 1 aromatic rings. The fourth-order valence-electron chi connectivity index (χ4n) is 3.44. The lowest BCUT2D eigenvalue weighted by Crippen LogP contribution is -2.26. The van der Waals surface area contributed by atoms with Gasteiger partial charge in [0, 0.05) is 32.0 Å². The van der Waals surface area contributed by atoms with Crippen molar-refractivity contribution in [2.45, 2.75) is 64.5 Å². The van der Waals surface area contributed by atoms with Gasteiger partial charge in [0.25, 0.3) is 0 Å². The van der Waals surface area contributed by atoms with Crippen LogP contribution < -0.4 is 5.32 Å². The summed E-state index contributed by atoms with van der Waals surface area (Å²) < 4.78 is 7.79. The Kier molecular flexibility index (Phi) is 4.61. The van der Waals surface area contributed by atoms with Gasteiger partial charge in [-0.1, -0.05) is 19.3 Å². The highest BCUT2D eigenvalue weighted by molar-refractivity contribution is 5.30. The minimum Gasteiger partial charge on any atom is -0.381 e. The monoisotopic (exact) mass is 277 g/mol. The van der Waals surface area contributed by atoms with Gasteiger partial charge in [0.05, 0.1) is 5.69 Å². The molecule has 1 saturated heterocycles. The minimum absolute atomic E-state index is 0.624. The molecule has 3 rings (SSSR count). The van der Waals surface area contributed by atoms with Crippen LogP contribution in [-0.4, -0.2) is 28.8 Å². The molecule has 0 spiro atoms. The Morgan fingerprint density at radius 2 is 1.95 bits per heavy atom. The van der Waals surface area contributed by atoms with Gasteiger partial charge in [-0.15, -0.1) is 0 Å². The largest absolute Gasteiger partial charge is 0.381 e. The average Bonchev–Trinajstić information content (AvgIpc) is 2.81. The number of rotatable bonds is 4. The van der Waals surface area contributed by atoms with Crippen LogP contribution in [-0.2, 0) is 11.3 Å². The molecule has 1 saturated carbocycles. The van der Waals surface area contributed by atoms with Crippen molar-refractivity contribution in [2.24, 2.45) is 5.92 Å². The predicted octanol–water partition coefficient (Wildman–Crippen LogP) is 3.36. The number of imidazole rings is 1. The molecule has 0 atom stereocenters. The Hall–Kier alpha value is -1.03. The van der Waals surface area contributed by atoms with Crippen LogP contribution in [0.4, 0.5) is 5.95 Å². The molecule has 1 aliphatic heterocycles. The van der Waals surface area contributed by atoms with E-state index < -0.39 is 0 Å². The number of nitrogens with one attached hydrogen (secondary N) is 1. The third-order valence-corrected chi connectivity index (χ3v) is 4.63. The summed E-state index contributed by atoms with van der Waals surface area (Å²) in [5.74, 6) is 1.82. The highest BCUT2D eigenvalue weighted by atomic mass is 16.5. The van der Waals surface area contributed by atoms with Gasteiger partial charge in [0.15, 0.2) is 0 Å². The summed E-state index contributed by atoms with van der Waals surface area (Å²) in [5, 5.41) is 3.68. The van der Waals surface area contributed by atoms with Gasteiger partial charge in [-0.3, -0.25) is 0 Å². The van der Waals surface area contributed by atoms with Crippen molar-refractivity contribution in [3.05, 3.63) is 11.9 Å². The first-order chi connectivity index (χ1) is 9.81. The van der Waals surface area contributed by atoms with Gasteiger partial charge >= 0.3 is 0 Å². The Bertz CT molecular complexity index is 380. The summed E-state index contributed by atoms with van der Waals surface area (Å²) in [6.07, 6.45) is 11.3. The summed E-state index contributed by atoms with van der Waals surface area (Å²) in [4.78, 5) is 4.69. The van der Waals surface area contributed by atoms with Crippen LogP contribution in [0, 0.1) is 12.8 Å². The summed E-state index contributed by atoms with van der Waals surface area (Å²) in [7, 11) is 0. The number of aryl methyl sites for hydroxylation is 1. The van der Waals surface area contributed by atoms with E-state index in [2.05, 4.69) is 23.0 Å². The molecule has 2 heterocycles. The summed E-state index contributed by atoms with van der Waals surface area (Å²) in [5.41, 5.74) is 1.12. The molecule has 1 aliphatic carbocycles. The van der Waals surface area contributed by atoms with Gasteiger partial charge in [-0.25, -0.2) is 4.98 Å². The van der Waals surface area contributed by atoms with Crippen LogP contribution in [0.3, 0.4) is 0 Å². The summed E-state index contributed by atoms with van der Waals surface area (Å²) in [6.45, 7) is 5.01. The Labute approximate surface area is 121 Å². The highest BCUT2D eigenvalue weighted by Gasteiger charge is 2.19. The molecule has 0 bridgehead atoms. The molecule has 2 fully saturated rings. The van der Waals surface area contributed by atoms with Gasteiger partial charge in [-0.2, -0.15) is 0 Å². The van der Waals surface area contributed by atoms with E-state index in [-0.39, 0.29) is 0 Å².